The summed E-state index contributed by atoms with van der Waals surface area (Å²) in [6, 6.07) is 8.25. The number of rotatable bonds is 5. The van der Waals surface area contributed by atoms with Gasteiger partial charge in [0.15, 0.2) is 5.92 Å². The third-order valence-corrected chi connectivity index (χ3v) is 5.32. The Bertz CT molecular complexity index is 985. The molecule has 1 aliphatic rings. The van der Waals surface area contributed by atoms with Crippen molar-refractivity contribution in [3.8, 4) is 0 Å². The summed E-state index contributed by atoms with van der Waals surface area (Å²) in [4.78, 5) is 25.6. The molecule has 0 fully saturated rings. The summed E-state index contributed by atoms with van der Waals surface area (Å²) in [6.45, 7) is 4.46. The van der Waals surface area contributed by atoms with Gasteiger partial charge in [0, 0.05) is 17.0 Å². The Morgan fingerprint density at radius 1 is 0.871 bits per heavy atom. The lowest BCUT2D eigenvalue weighted by Crippen LogP contribution is -2.35. The molecular formula is C23H22F4O4. The van der Waals surface area contributed by atoms with Gasteiger partial charge in [0.2, 0.25) is 0 Å². The van der Waals surface area contributed by atoms with Crippen molar-refractivity contribution in [3.63, 3.8) is 0 Å². The molecule has 2 aromatic carbocycles. The van der Waals surface area contributed by atoms with E-state index in [4.69, 9.17) is 9.47 Å². The number of alkyl halides is 4. The van der Waals surface area contributed by atoms with Gasteiger partial charge in [-0.1, -0.05) is 48.0 Å². The van der Waals surface area contributed by atoms with Gasteiger partial charge in [-0.2, -0.15) is 17.6 Å². The fourth-order valence-electron chi connectivity index (χ4n) is 3.98. The van der Waals surface area contributed by atoms with Crippen molar-refractivity contribution in [1.29, 1.82) is 0 Å². The molecule has 1 unspecified atom stereocenters. The smallest absolute Gasteiger partial charge is 0.340 e. The van der Waals surface area contributed by atoms with Crippen LogP contribution in [0.3, 0.4) is 0 Å². The molecule has 0 saturated heterocycles. The minimum atomic E-state index is -4.57. The first-order chi connectivity index (χ1) is 14.6. The van der Waals surface area contributed by atoms with Crippen molar-refractivity contribution in [2.75, 3.05) is 13.2 Å². The van der Waals surface area contributed by atoms with Gasteiger partial charge in [-0.3, -0.25) is 9.59 Å². The van der Waals surface area contributed by atoms with Crippen molar-refractivity contribution in [2.24, 2.45) is 5.92 Å². The quantitative estimate of drug-likeness (QED) is 0.372. The van der Waals surface area contributed by atoms with Crippen LogP contribution in [0, 0.1) is 12.8 Å². The Kier molecular flexibility index (Phi) is 6.11. The number of carbonyl (C=O) groups is 2. The molecule has 0 saturated carbocycles. The van der Waals surface area contributed by atoms with E-state index in [9.17, 15) is 9.59 Å². The molecule has 1 aliphatic carbocycles. The Morgan fingerprint density at radius 2 is 1.39 bits per heavy atom. The van der Waals surface area contributed by atoms with Gasteiger partial charge in [0.05, 0.1) is 13.2 Å². The highest BCUT2D eigenvalue weighted by Gasteiger charge is 2.63. The van der Waals surface area contributed by atoms with Crippen LogP contribution >= 0.6 is 0 Å². The maximum atomic E-state index is 15.2. The molecule has 0 amide bonds. The van der Waals surface area contributed by atoms with Crippen LogP contribution in [0.4, 0.5) is 17.6 Å². The van der Waals surface area contributed by atoms with Gasteiger partial charge < -0.3 is 9.47 Å². The molecule has 1 atom stereocenters. The van der Waals surface area contributed by atoms with Crippen molar-refractivity contribution < 1.29 is 36.6 Å². The second-order valence-electron chi connectivity index (χ2n) is 7.29. The minimum Gasteiger partial charge on any atom is -0.465 e. The predicted molar refractivity (Wildman–Crippen MR) is 104 cm³/mol. The Hall–Kier alpha value is -2.90. The Balaban J connectivity index is 2.41. The summed E-state index contributed by atoms with van der Waals surface area (Å²) < 4.78 is 70.8. The van der Waals surface area contributed by atoms with E-state index in [1.165, 1.54) is 44.2 Å². The summed E-state index contributed by atoms with van der Waals surface area (Å²) in [5, 5.41) is 0. The fourth-order valence-corrected chi connectivity index (χ4v) is 3.98. The van der Waals surface area contributed by atoms with Gasteiger partial charge in [0.1, 0.15) is 0 Å². The highest BCUT2D eigenvalue weighted by atomic mass is 19.3. The zero-order valence-electron chi connectivity index (χ0n) is 17.3. The monoisotopic (exact) mass is 438 g/mol. The standard InChI is InChI=1S/C23H22F4O4/c1-4-30-20(28)19(21(29)31-5-2)18-14-8-6-7-9-16(14)22(24,25)23(26,27)17-11-10-13(3)12-15(17)18/h6-12,18-19H,4-5H2,1-3H3. The first kappa shape index (κ1) is 22.8. The second-order valence-corrected chi connectivity index (χ2v) is 7.29. The Labute approximate surface area is 177 Å². The lowest BCUT2D eigenvalue weighted by atomic mass is 9.78. The number of esters is 2. The van der Waals surface area contributed by atoms with E-state index in [1.807, 2.05) is 0 Å². The van der Waals surface area contributed by atoms with Crippen LogP contribution < -0.4 is 0 Å². The van der Waals surface area contributed by atoms with Crippen LogP contribution in [-0.2, 0) is 30.9 Å². The van der Waals surface area contributed by atoms with E-state index < -0.39 is 46.7 Å². The van der Waals surface area contributed by atoms with Crippen LogP contribution in [-0.4, -0.2) is 25.2 Å². The van der Waals surface area contributed by atoms with Crippen molar-refractivity contribution >= 4 is 11.9 Å². The van der Waals surface area contributed by atoms with E-state index in [2.05, 4.69) is 0 Å². The van der Waals surface area contributed by atoms with Crippen LogP contribution in [0.15, 0.2) is 42.5 Å². The molecule has 3 rings (SSSR count). The summed E-state index contributed by atoms with van der Waals surface area (Å²) in [7, 11) is 0. The van der Waals surface area contributed by atoms with E-state index in [1.54, 1.807) is 6.92 Å². The van der Waals surface area contributed by atoms with Crippen LogP contribution in [0.25, 0.3) is 0 Å². The maximum Gasteiger partial charge on any atom is 0.340 e. The minimum absolute atomic E-state index is 0.0872. The first-order valence-electron chi connectivity index (χ1n) is 9.87. The average molecular weight is 438 g/mol. The summed E-state index contributed by atoms with van der Waals surface area (Å²) in [5.74, 6) is -14.4. The molecule has 8 heteroatoms. The number of fused-ring (bicyclic) bond motifs is 2. The lowest BCUT2D eigenvalue weighted by molar-refractivity contribution is -0.223. The van der Waals surface area contributed by atoms with Gasteiger partial charge >= 0.3 is 23.8 Å². The largest absolute Gasteiger partial charge is 0.465 e. The number of ether oxygens (including phenoxy) is 2. The van der Waals surface area contributed by atoms with Crippen molar-refractivity contribution in [2.45, 2.75) is 38.5 Å². The van der Waals surface area contributed by atoms with E-state index in [-0.39, 0.29) is 24.3 Å². The lowest BCUT2D eigenvalue weighted by Gasteiger charge is -2.27. The van der Waals surface area contributed by atoms with Gasteiger partial charge in [0.25, 0.3) is 0 Å². The number of halogens is 4. The molecular weight excluding hydrogens is 416 g/mol. The van der Waals surface area contributed by atoms with Crippen LogP contribution in [0.1, 0.15) is 47.6 Å². The summed E-state index contributed by atoms with van der Waals surface area (Å²) >= 11 is 0. The maximum absolute atomic E-state index is 15.2. The SMILES string of the molecule is CCOC(=O)C(C(=O)OCC)C1c2ccccc2C(F)(F)C(F)(F)c2ccc(C)cc21. The third-order valence-electron chi connectivity index (χ3n) is 5.32. The second kappa shape index (κ2) is 8.32. The topological polar surface area (TPSA) is 52.6 Å². The number of hydrogen-bond acceptors (Lipinski definition) is 4. The molecule has 0 aliphatic heterocycles. The number of carbonyl (C=O) groups excluding carboxylic acids is 2. The third kappa shape index (κ3) is 3.68. The molecule has 31 heavy (non-hydrogen) atoms. The normalized spacial score (nSPS) is 18.5. The zero-order valence-corrected chi connectivity index (χ0v) is 17.3. The van der Waals surface area contributed by atoms with E-state index in [0.717, 1.165) is 12.1 Å². The van der Waals surface area contributed by atoms with Gasteiger partial charge in [-0.25, -0.2) is 0 Å². The molecule has 0 N–H and O–H groups in total. The van der Waals surface area contributed by atoms with Gasteiger partial charge in [-0.15, -0.1) is 0 Å². The van der Waals surface area contributed by atoms with Crippen molar-refractivity contribution in [1.82, 2.24) is 0 Å². The van der Waals surface area contributed by atoms with E-state index in [0.29, 0.717) is 5.56 Å². The molecule has 166 valence electrons. The highest BCUT2D eigenvalue weighted by Crippen LogP contribution is 2.57. The predicted octanol–water partition coefficient (Wildman–Crippen LogP) is 5.07. The van der Waals surface area contributed by atoms with Crippen LogP contribution in [0.5, 0.6) is 0 Å². The molecule has 0 spiro atoms. The number of benzene rings is 2. The first-order valence-corrected chi connectivity index (χ1v) is 9.87. The fraction of sp³-hybridized carbons (Fsp3) is 0.391. The molecule has 2 aromatic rings. The highest BCUT2D eigenvalue weighted by molar-refractivity contribution is 5.97. The number of hydrogen-bond donors (Lipinski definition) is 0. The molecule has 4 nitrogen and oxygen atoms in total. The summed E-state index contributed by atoms with van der Waals surface area (Å²) in [5.41, 5.74) is -1.86. The van der Waals surface area contributed by atoms with E-state index >= 15 is 17.6 Å². The molecule has 0 bridgehead atoms. The average Bonchev–Trinajstić information content (AvgIpc) is 2.76. The number of aryl methyl sites for hydroxylation is 1. The van der Waals surface area contributed by atoms with Crippen molar-refractivity contribution in [3.05, 3.63) is 70.3 Å². The molecule has 0 aromatic heterocycles. The molecule has 0 heterocycles. The zero-order chi connectivity index (χ0) is 23.0. The Morgan fingerprint density at radius 3 is 1.94 bits per heavy atom. The summed E-state index contributed by atoms with van der Waals surface area (Å²) in [6.07, 6.45) is 0. The van der Waals surface area contributed by atoms with Gasteiger partial charge in [-0.05, 0) is 31.9 Å². The van der Waals surface area contributed by atoms with Crippen LogP contribution in [0.2, 0.25) is 0 Å². The molecule has 0 radical (unpaired) electrons.